The predicted molar refractivity (Wildman–Crippen MR) is 75.2 cm³/mol. The van der Waals surface area contributed by atoms with Gasteiger partial charge in [0.15, 0.2) is 5.60 Å². The third-order valence-electron chi connectivity index (χ3n) is 3.09. The highest BCUT2D eigenvalue weighted by Crippen LogP contribution is 2.18. The van der Waals surface area contributed by atoms with Gasteiger partial charge in [-0.1, -0.05) is 24.3 Å². The van der Waals surface area contributed by atoms with Gasteiger partial charge in [0.2, 0.25) is 0 Å². The van der Waals surface area contributed by atoms with Crippen LogP contribution in [0.25, 0.3) is 0 Å². The minimum Gasteiger partial charge on any atom is -0.467 e. The summed E-state index contributed by atoms with van der Waals surface area (Å²) in [6.07, 6.45) is 1.39. The molecule has 0 spiro atoms. The van der Waals surface area contributed by atoms with E-state index >= 15 is 0 Å². The van der Waals surface area contributed by atoms with Gasteiger partial charge in [-0.25, -0.2) is 4.79 Å². The quantitative estimate of drug-likeness (QED) is 0.607. The molecule has 0 aliphatic heterocycles. The summed E-state index contributed by atoms with van der Waals surface area (Å²) in [5.41, 5.74) is -1.38. The normalized spacial score (nSPS) is 14.8. The molecule has 0 radical (unpaired) electrons. The number of amides is 1. The van der Waals surface area contributed by atoms with Crippen molar-refractivity contribution in [3.8, 4) is 0 Å². The Bertz CT molecular complexity index is 486. The highest BCUT2D eigenvalue weighted by atomic mass is 16.5. The van der Waals surface area contributed by atoms with Gasteiger partial charge in [0.25, 0.3) is 5.91 Å². The maximum atomic E-state index is 12.0. The number of ether oxygens (including phenoxy) is 1. The van der Waals surface area contributed by atoms with Crippen molar-refractivity contribution < 1.29 is 19.4 Å². The summed E-state index contributed by atoms with van der Waals surface area (Å²) in [6.45, 7) is 5.04. The molecule has 0 unspecified atom stereocenters. The molecule has 1 rings (SSSR count). The number of rotatable bonds is 6. The van der Waals surface area contributed by atoms with Crippen LogP contribution in [0.2, 0.25) is 0 Å². The van der Waals surface area contributed by atoms with Crippen molar-refractivity contribution >= 4 is 11.9 Å². The van der Waals surface area contributed by atoms with Gasteiger partial charge < -0.3 is 15.2 Å². The topological polar surface area (TPSA) is 75.6 Å². The highest BCUT2D eigenvalue weighted by Gasteiger charge is 2.42. The molecule has 2 N–H and O–H groups in total. The van der Waals surface area contributed by atoms with Crippen LogP contribution in [0, 0.1) is 0 Å². The van der Waals surface area contributed by atoms with Gasteiger partial charge in [-0.2, -0.15) is 0 Å². The molecule has 2 atom stereocenters. The zero-order valence-corrected chi connectivity index (χ0v) is 11.6. The zero-order chi connectivity index (χ0) is 15.2. The van der Waals surface area contributed by atoms with Crippen LogP contribution < -0.4 is 5.32 Å². The fourth-order valence-electron chi connectivity index (χ4n) is 1.82. The lowest BCUT2D eigenvalue weighted by Gasteiger charge is -2.30. The second-order valence-corrected chi connectivity index (χ2v) is 4.47. The number of aliphatic hydroxyl groups is 1. The molecule has 0 fully saturated rings. The molecule has 0 aromatic heterocycles. The molecule has 0 aliphatic rings. The molecule has 5 nitrogen and oxygen atoms in total. The van der Waals surface area contributed by atoms with E-state index in [2.05, 4.69) is 16.6 Å². The van der Waals surface area contributed by atoms with E-state index in [9.17, 15) is 14.7 Å². The summed E-state index contributed by atoms with van der Waals surface area (Å²) < 4.78 is 4.59. The Labute approximate surface area is 118 Å². The van der Waals surface area contributed by atoms with Crippen molar-refractivity contribution in [1.82, 2.24) is 5.32 Å². The Morgan fingerprint density at radius 2 is 2.05 bits per heavy atom. The Hall–Kier alpha value is -2.14. The first-order valence-corrected chi connectivity index (χ1v) is 6.23. The number of methoxy groups -OCH3 is 1. The summed E-state index contributed by atoms with van der Waals surface area (Å²) in [7, 11) is 1.18. The molecule has 1 aromatic rings. The minimum absolute atomic E-state index is 0.0179. The van der Waals surface area contributed by atoms with Gasteiger partial charge in [-0.05, 0) is 19.1 Å². The molecule has 5 heteroatoms. The average Bonchev–Trinajstić information content (AvgIpc) is 2.47. The van der Waals surface area contributed by atoms with Crippen LogP contribution in [0.4, 0.5) is 0 Å². The molecule has 0 aliphatic carbocycles. The van der Waals surface area contributed by atoms with Crippen LogP contribution in [-0.4, -0.2) is 35.7 Å². The number of hydrogen-bond acceptors (Lipinski definition) is 4. The maximum Gasteiger partial charge on any atom is 0.340 e. The van der Waals surface area contributed by atoms with E-state index in [0.717, 1.165) is 0 Å². The second-order valence-electron chi connectivity index (χ2n) is 4.47. The summed E-state index contributed by atoms with van der Waals surface area (Å²) in [5, 5.41) is 13.0. The number of esters is 1. The fourth-order valence-corrected chi connectivity index (χ4v) is 1.82. The van der Waals surface area contributed by atoms with E-state index in [1.54, 1.807) is 37.3 Å². The maximum absolute atomic E-state index is 12.0. The van der Waals surface area contributed by atoms with Gasteiger partial charge in [-0.3, -0.25) is 4.79 Å². The van der Waals surface area contributed by atoms with E-state index in [1.165, 1.54) is 13.2 Å². The first kappa shape index (κ1) is 15.9. The first-order valence-electron chi connectivity index (χ1n) is 6.23. The van der Waals surface area contributed by atoms with E-state index in [1.807, 2.05) is 0 Å². The number of benzene rings is 1. The summed E-state index contributed by atoms with van der Waals surface area (Å²) >= 11 is 0. The van der Waals surface area contributed by atoms with Crippen LogP contribution in [0.15, 0.2) is 43.0 Å². The molecule has 108 valence electrons. The SMILES string of the molecule is C=CC[C@@](O)(C(=O)OC)[C@@H](C)NC(=O)c1ccccc1. The Morgan fingerprint density at radius 1 is 1.45 bits per heavy atom. The van der Waals surface area contributed by atoms with Gasteiger partial charge in [0, 0.05) is 12.0 Å². The van der Waals surface area contributed by atoms with Crippen LogP contribution in [0.3, 0.4) is 0 Å². The number of carbonyl (C=O) groups excluding carboxylic acids is 2. The lowest BCUT2D eigenvalue weighted by atomic mass is 9.91. The monoisotopic (exact) mass is 277 g/mol. The van der Waals surface area contributed by atoms with E-state index in [4.69, 9.17) is 0 Å². The van der Waals surface area contributed by atoms with Gasteiger partial charge >= 0.3 is 5.97 Å². The Morgan fingerprint density at radius 3 is 2.55 bits per heavy atom. The van der Waals surface area contributed by atoms with Crippen molar-refractivity contribution in [1.29, 1.82) is 0 Å². The second kappa shape index (κ2) is 6.86. The lowest BCUT2D eigenvalue weighted by molar-refractivity contribution is -0.164. The number of carbonyl (C=O) groups is 2. The zero-order valence-electron chi connectivity index (χ0n) is 11.6. The van der Waals surface area contributed by atoms with Crippen molar-refractivity contribution in [2.24, 2.45) is 0 Å². The summed E-state index contributed by atoms with van der Waals surface area (Å²) in [4.78, 5) is 23.7. The van der Waals surface area contributed by atoms with Crippen molar-refractivity contribution in [3.05, 3.63) is 48.6 Å². The third kappa shape index (κ3) is 3.45. The molecular weight excluding hydrogens is 258 g/mol. The summed E-state index contributed by atoms with van der Waals surface area (Å²) in [6, 6.07) is 7.73. The molecular formula is C15H19NO4. The molecule has 20 heavy (non-hydrogen) atoms. The molecule has 1 amide bonds. The number of nitrogens with one attached hydrogen (secondary N) is 1. The standard InChI is InChI=1S/C15H19NO4/c1-4-10-15(19,14(18)20-3)11(2)16-13(17)12-8-6-5-7-9-12/h4-9,11,19H,1,10H2,2-3H3,(H,16,17)/t11-,15+/m1/s1. The molecule has 0 heterocycles. The van der Waals surface area contributed by atoms with Crippen molar-refractivity contribution in [2.75, 3.05) is 7.11 Å². The van der Waals surface area contributed by atoms with E-state index in [-0.39, 0.29) is 12.3 Å². The minimum atomic E-state index is -1.83. The van der Waals surface area contributed by atoms with Gasteiger partial charge in [0.05, 0.1) is 13.2 Å². The lowest BCUT2D eigenvalue weighted by Crippen LogP contribution is -2.56. The van der Waals surface area contributed by atoms with Crippen LogP contribution in [-0.2, 0) is 9.53 Å². The van der Waals surface area contributed by atoms with Crippen LogP contribution >= 0.6 is 0 Å². The van der Waals surface area contributed by atoms with E-state index in [0.29, 0.717) is 5.56 Å². The average molecular weight is 277 g/mol. The van der Waals surface area contributed by atoms with E-state index < -0.39 is 17.6 Å². The van der Waals surface area contributed by atoms with Gasteiger partial charge in [0.1, 0.15) is 0 Å². The molecule has 0 saturated carbocycles. The smallest absolute Gasteiger partial charge is 0.340 e. The molecule has 1 aromatic carbocycles. The van der Waals surface area contributed by atoms with Gasteiger partial charge in [-0.15, -0.1) is 6.58 Å². The molecule has 0 saturated heterocycles. The summed E-state index contributed by atoms with van der Waals surface area (Å²) in [5.74, 6) is -1.18. The Kier molecular flexibility index (Phi) is 5.46. The number of hydrogen-bond donors (Lipinski definition) is 2. The largest absolute Gasteiger partial charge is 0.467 e. The van der Waals surface area contributed by atoms with Crippen LogP contribution in [0.1, 0.15) is 23.7 Å². The first-order chi connectivity index (χ1) is 9.45. The van der Waals surface area contributed by atoms with Crippen LogP contribution in [0.5, 0.6) is 0 Å². The van der Waals surface area contributed by atoms with Crippen molar-refractivity contribution in [2.45, 2.75) is 25.0 Å². The molecule has 0 bridgehead atoms. The highest BCUT2D eigenvalue weighted by molar-refractivity contribution is 5.95. The predicted octanol–water partition coefficient (Wildman–Crippen LogP) is 1.29. The Balaban J connectivity index is 2.86. The van der Waals surface area contributed by atoms with Crippen molar-refractivity contribution in [3.63, 3.8) is 0 Å². The fraction of sp³-hybridized carbons (Fsp3) is 0.333. The third-order valence-corrected chi connectivity index (χ3v) is 3.09.